The Morgan fingerprint density at radius 3 is 1.91 bits per heavy atom. The first kappa shape index (κ1) is 13.7. The zero-order chi connectivity index (χ0) is 6.69. The molecule has 0 saturated heterocycles. The Labute approximate surface area is 91.3 Å². The Morgan fingerprint density at radius 2 is 1.64 bits per heavy atom. The first-order valence-electron chi connectivity index (χ1n) is 2.94. The van der Waals surface area contributed by atoms with Crippen LogP contribution in [-0.2, 0) is 19.5 Å². The zero-order valence-corrected chi connectivity index (χ0v) is 11.4. The average Bonchev–Trinajstić information content (AvgIpc) is 1.90. The van der Waals surface area contributed by atoms with Gasteiger partial charge in [0.25, 0.3) is 0 Å². The fourth-order valence-electron chi connectivity index (χ4n) is 0.676. The number of benzene rings is 1. The summed E-state index contributed by atoms with van der Waals surface area (Å²) < 4.78 is 0. The first-order chi connectivity index (χ1) is 4.30. The van der Waals surface area contributed by atoms with Crippen LogP contribution in [0.1, 0.15) is 0 Å². The van der Waals surface area contributed by atoms with Gasteiger partial charge < -0.3 is 21.9 Å². The van der Waals surface area contributed by atoms with Gasteiger partial charge in [0.1, 0.15) is 0 Å². The molecule has 1 rings (SSSR count). The van der Waals surface area contributed by atoms with Crippen LogP contribution in [0.3, 0.4) is 0 Å². The minimum Gasteiger partial charge on any atom is -1.00 e. The van der Waals surface area contributed by atoms with Crippen LogP contribution >= 0.6 is 0 Å². The topological polar surface area (TPSA) is 3.24 Å². The maximum atomic E-state index is 2.96. The van der Waals surface area contributed by atoms with Crippen LogP contribution in [0.5, 0.6) is 0 Å². The van der Waals surface area contributed by atoms with Crippen molar-refractivity contribution >= 4 is 5.69 Å². The van der Waals surface area contributed by atoms with E-state index in [2.05, 4.69) is 11.0 Å². The van der Waals surface area contributed by atoms with Crippen molar-refractivity contribution in [3.8, 4) is 0 Å². The van der Waals surface area contributed by atoms with Crippen LogP contribution < -0.4 is 21.9 Å². The Bertz CT molecular complexity index is 177. The molecule has 1 nitrogen and oxygen atoms in total. The van der Waals surface area contributed by atoms with Gasteiger partial charge in [-0.05, 0) is 0 Å². The minimum atomic E-state index is 0. The molecule has 0 amide bonds. The maximum Gasteiger partial charge on any atom is 2.00 e. The molecule has 0 unspecified atom stereocenters. The fraction of sp³-hybridized carbons (Fsp3) is 0.250. The summed E-state index contributed by atoms with van der Waals surface area (Å²) in [6.45, 7) is 0. The third kappa shape index (κ3) is 4.55. The molecule has 0 aromatic heterocycles. The number of rotatable bonds is 1. The van der Waals surface area contributed by atoms with Crippen LogP contribution in [0.2, 0.25) is 0 Å². The predicted octanol–water partition coefficient (Wildman–Crippen LogP) is -1.45. The number of hydrogen-bond acceptors (Lipinski definition) is 1. The molecule has 0 radical (unpaired) electrons. The molecule has 0 spiro atoms. The number of nitrogens with zero attached hydrogens (tertiary/aromatic N) is 1. The van der Waals surface area contributed by atoms with E-state index in [1.807, 2.05) is 38.4 Å². The molecule has 3 heteroatoms. The van der Waals surface area contributed by atoms with Gasteiger partial charge in [0.2, 0.25) is 0 Å². The van der Waals surface area contributed by atoms with E-state index in [1.165, 1.54) is 5.69 Å². The summed E-state index contributed by atoms with van der Waals surface area (Å²) in [7, 11) is 4.05. The number of hydrogen-bond donors (Lipinski definition) is 0. The monoisotopic (exact) mass is 263 g/mol. The molecule has 0 saturated carbocycles. The minimum absolute atomic E-state index is 0. The van der Waals surface area contributed by atoms with Gasteiger partial charge in [0, 0.05) is 14.1 Å². The molecule has 0 N–H and O–H groups in total. The number of anilines is 1. The summed E-state index contributed by atoms with van der Waals surface area (Å²) in [6, 6.07) is 10.8. The fourth-order valence-corrected chi connectivity index (χ4v) is 0.676. The SMILES string of the molecule is CN(C)c1cc[c-]cc1.[Br-].[Zn+2]. The van der Waals surface area contributed by atoms with Gasteiger partial charge in [-0.15, -0.1) is 12.1 Å². The smallest absolute Gasteiger partial charge is 1.00 e. The van der Waals surface area contributed by atoms with Crippen molar-refractivity contribution in [2.45, 2.75) is 0 Å². The second-order valence-corrected chi connectivity index (χ2v) is 2.15. The largest absolute Gasteiger partial charge is 2.00 e. The molecule has 0 aliphatic carbocycles. The number of halogens is 1. The molecule has 11 heavy (non-hydrogen) atoms. The molecule has 0 aliphatic rings. The molecular formula is C8H10BrNZn. The van der Waals surface area contributed by atoms with Gasteiger partial charge in [-0.1, -0.05) is 5.69 Å². The van der Waals surface area contributed by atoms with Gasteiger partial charge >= 0.3 is 19.5 Å². The van der Waals surface area contributed by atoms with Crippen molar-refractivity contribution in [3.05, 3.63) is 30.3 Å². The molecule has 0 fully saturated rings. The van der Waals surface area contributed by atoms with Crippen molar-refractivity contribution < 1.29 is 36.5 Å². The molecule has 56 valence electrons. The summed E-state index contributed by atoms with van der Waals surface area (Å²) in [5.41, 5.74) is 1.22. The van der Waals surface area contributed by atoms with E-state index in [1.54, 1.807) is 0 Å². The second-order valence-electron chi connectivity index (χ2n) is 2.15. The van der Waals surface area contributed by atoms with E-state index in [4.69, 9.17) is 0 Å². The van der Waals surface area contributed by atoms with Gasteiger partial charge in [0.05, 0.1) is 0 Å². The van der Waals surface area contributed by atoms with E-state index < -0.39 is 0 Å². The van der Waals surface area contributed by atoms with Crippen molar-refractivity contribution in [2.24, 2.45) is 0 Å². The summed E-state index contributed by atoms with van der Waals surface area (Å²) in [6.07, 6.45) is 0. The average molecular weight is 265 g/mol. The van der Waals surface area contributed by atoms with Crippen molar-refractivity contribution in [1.82, 2.24) is 0 Å². The van der Waals surface area contributed by atoms with E-state index >= 15 is 0 Å². The molecule has 0 aliphatic heterocycles. The standard InChI is InChI=1S/C8H10N.BrH.Zn/c1-9(2)8-6-4-3-5-7-8;;/h4-7H,1-2H3;1H;/q-1;;+2/p-1. The Kier molecular flexibility index (Phi) is 8.48. The Balaban J connectivity index is 0. The first-order valence-corrected chi connectivity index (χ1v) is 2.94. The summed E-state index contributed by atoms with van der Waals surface area (Å²) in [5, 5.41) is 0. The summed E-state index contributed by atoms with van der Waals surface area (Å²) in [5.74, 6) is 0. The molecular weight excluding hydrogens is 255 g/mol. The van der Waals surface area contributed by atoms with Crippen LogP contribution in [0.25, 0.3) is 0 Å². The predicted molar refractivity (Wildman–Crippen MR) is 39.6 cm³/mol. The Hall–Kier alpha value is 0.123. The zero-order valence-electron chi connectivity index (χ0n) is 6.84. The van der Waals surface area contributed by atoms with Gasteiger partial charge in [-0.2, -0.15) is 18.2 Å². The quantitative estimate of drug-likeness (QED) is 0.444. The van der Waals surface area contributed by atoms with E-state index in [9.17, 15) is 0 Å². The van der Waals surface area contributed by atoms with Gasteiger partial charge in [-0.3, -0.25) is 0 Å². The van der Waals surface area contributed by atoms with Crippen LogP contribution in [0, 0.1) is 6.07 Å². The van der Waals surface area contributed by atoms with Crippen LogP contribution in [-0.4, -0.2) is 14.1 Å². The molecule has 1 aromatic rings. The Morgan fingerprint density at radius 1 is 1.18 bits per heavy atom. The molecule has 0 bridgehead atoms. The van der Waals surface area contributed by atoms with Gasteiger partial charge in [0.15, 0.2) is 0 Å². The van der Waals surface area contributed by atoms with E-state index in [0.29, 0.717) is 0 Å². The van der Waals surface area contributed by atoms with Gasteiger partial charge in [-0.25, -0.2) is 0 Å². The van der Waals surface area contributed by atoms with E-state index in [0.717, 1.165) is 0 Å². The van der Waals surface area contributed by atoms with Crippen molar-refractivity contribution in [3.63, 3.8) is 0 Å². The van der Waals surface area contributed by atoms with Crippen LogP contribution in [0.15, 0.2) is 24.3 Å². The molecule has 0 atom stereocenters. The molecule has 1 aromatic carbocycles. The third-order valence-electron chi connectivity index (χ3n) is 1.22. The third-order valence-corrected chi connectivity index (χ3v) is 1.22. The van der Waals surface area contributed by atoms with Crippen molar-refractivity contribution in [1.29, 1.82) is 0 Å². The normalized spacial score (nSPS) is 7.45. The van der Waals surface area contributed by atoms with Crippen LogP contribution in [0.4, 0.5) is 5.69 Å². The molecule has 0 heterocycles. The van der Waals surface area contributed by atoms with E-state index in [-0.39, 0.29) is 36.5 Å². The second kappa shape index (κ2) is 6.81. The maximum absolute atomic E-state index is 2.96. The summed E-state index contributed by atoms with van der Waals surface area (Å²) >= 11 is 0. The van der Waals surface area contributed by atoms with Crippen molar-refractivity contribution in [2.75, 3.05) is 19.0 Å². The summed E-state index contributed by atoms with van der Waals surface area (Å²) in [4.78, 5) is 2.06.